The third kappa shape index (κ3) is 4.59. The molecule has 2 aromatic rings. The van der Waals surface area contributed by atoms with Gasteiger partial charge in [0.2, 0.25) is 0 Å². The Morgan fingerprint density at radius 2 is 1.78 bits per heavy atom. The molecule has 0 heterocycles. The van der Waals surface area contributed by atoms with Gasteiger partial charge < -0.3 is 26.2 Å². The van der Waals surface area contributed by atoms with Gasteiger partial charge in [-0.05, 0) is 60.8 Å². The molecule has 1 unspecified atom stereocenters. The molecular weight excluding hydrogens is 346 g/mol. The number of aromatic hydroxyl groups is 2. The zero-order chi connectivity index (χ0) is 19.8. The van der Waals surface area contributed by atoms with E-state index in [4.69, 9.17) is 15.6 Å². The third-order valence-corrected chi connectivity index (χ3v) is 5.33. The first-order valence-corrected chi connectivity index (χ1v) is 9.06. The van der Waals surface area contributed by atoms with Crippen molar-refractivity contribution in [2.24, 2.45) is 11.7 Å². The molecule has 0 bridgehead atoms. The highest BCUT2D eigenvalue weighted by Crippen LogP contribution is 2.50. The van der Waals surface area contributed by atoms with Crippen LogP contribution in [0.5, 0.6) is 11.5 Å². The maximum Gasteiger partial charge on any atom is 0.290 e. The number of nitrogens with two attached hydrogens (primary N) is 1. The maximum atomic E-state index is 10.4. The van der Waals surface area contributed by atoms with Crippen LogP contribution >= 0.6 is 0 Å². The number of fused-ring (bicyclic) bond motifs is 1. The summed E-state index contributed by atoms with van der Waals surface area (Å²) in [7, 11) is 0. The van der Waals surface area contributed by atoms with Crippen molar-refractivity contribution in [3.63, 3.8) is 0 Å². The average molecular weight is 373 g/mol. The van der Waals surface area contributed by atoms with Crippen molar-refractivity contribution in [2.45, 2.75) is 31.1 Å². The Bertz CT molecular complexity index is 735. The summed E-state index contributed by atoms with van der Waals surface area (Å²) in [6, 6.07) is 13.7. The van der Waals surface area contributed by atoms with Gasteiger partial charge in [0.05, 0.1) is 0 Å². The van der Waals surface area contributed by atoms with Gasteiger partial charge in [-0.25, -0.2) is 0 Å². The molecule has 3 rings (SSSR count). The van der Waals surface area contributed by atoms with Crippen molar-refractivity contribution < 1.29 is 25.2 Å². The molecule has 0 aliphatic heterocycles. The van der Waals surface area contributed by atoms with Crippen molar-refractivity contribution in [3.8, 4) is 11.5 Å². The molecular formula is C21H27NO5. The summed E-state index contributed by atoms with van der Waals surface area (Å²) in [5, 5.41) is 36.4. The number of phenolic OH excluding ortho intramolecular Hbond substituents is 2. The van der Waals surface area contributed by atoms with Crippen molar-refractivity contribution in [2.75, 3.05) is 13.2 Å². The first kappa shape index (κ1) is 20.7. The molecule has 0 saturated carbocycles. The number of phenols is 2. The van der Waals surface area contributed by atoms with E-state index < -0.39 is 0 Å². The minimum atomic E-state index is -0.250. The summed E-state index contributed by atoms with van der Waals surface area (Å²) in [6.07, 6.45) is 2.30. The van der Waals surface area contributed by atoms with Crippen LogP contribution in [-0.4, -0.2) is 40.0 Å². The first-order valence-electron chi connectivity index (χ1n) is 9.06. The molecule has 6 nitrogen and oxygen atoms in total. The van der Waals surface area contributed by atoms with Crippen molar-refractivity contribution >= 4 is 6.47 Å². The fourth-order valence-corrected chi connectivity index (χ4v) is 4.18. The fraction of sp³-hybridized carbons (Fsp3) is 0.381. The fourth-order valence-electron chi connectivity index (χ4n) is 4.18. The molecule has 0 amide bonds. The molecule has 146 valence electrons. The van der Waals surface area contributed by atoms with E-state index in [0.29, 0.717) is 18.9 Å². The lowest BCUT2D eigenvalue weighted by molar-refractivity contribution is -0.122. The van der Waals surface area contributed by atoms with Crippen molar-refractivity contribution in [3.05, 3.63) is 59.2 Å². The van der Waals surface area contributed by atoms with E-state index in [0.717, 1.165) is 24.0 Å². The van der Waals surface area contributed by atoms with E-state index in [1.165, 1.54) is 5.56 Å². The Morgan fingerprint density at radius 1 is 1.11 bits per heavy atom. The summed E-state index contributed by atoms with van der Waals surface area (Å²) in [4.78, 5) is 8.36. The lowest BCUT2D eigenvalue weighted by Gasteiger charge is -2.40. The summed E-state index contributed by atoms with van der Waals surface area (Å²) in [6.45, 7) is 0.402. The van der Waals surface area contributed by atoms with Crippen LogP contribution in [0.1, 0.15) is 41.4 Å². The maximum absolute atomic E-state index is 10.4. The summed E-state index contributed by atoms with van der Waals surface area (Å²) in [5.74, 6) is 0.530. The Labute approximate surface area is 158 Å². The lowest BCUT2D eigenvalue weighted by Crippen LogP contribution is -2.33. The van der Waals surface area contributed by atoms with E-state index in [2.05, 4.69) is 12.1 Å². The second-order valence-corrected chi connectivity index (χ2v) is 6.70. The van der Waals surface area contributed by atoms with E-state index in [9.17, 15) is 15.3 Å². The van der Waals surface area contributed by atoms with Crippen LogP contribution in [0.4, 0.5) is 0 Å². The predicted octanol–water partition coefficient (Wildman–Crippen LogP) is 2.57. The summed E-state index contributed by atoms with van der Waals surface area (Å²) in [5.41, 5.74) is 9.15. The normalized spacial score (nSPS) is 20.9. The molecule has 3 atom stereocenters. The molecule has 0 saturated heterocycles. The lowest BCUT2D eigenvalue weighted by atomic mass is 9.65. The first-order chi connectivity index (χ1) is 13.1. The zero-order valence-corrected chi connectivity index (χ0v) is 15.2. The van der Waals surface area contributed by atoms with Crippen LogP contribution in [0, 0.1) is 5.92 Å². The monoisotopic (exact) mass is 373 g/mol. The van der Waals surface area contributed by atoms with Crippen LogP contribution in [0.25, 0.3) is 0 Å². The van der Waals surface area contributed by atoms with Crippen LogP contribution < -0.4 is 5.73 Å². The molecule has 6 heteroatoms. The van der Waals surface area contributed by atoms with Gasteiger partial charge in [-0.3, -0.25) is 4.79 Å². The van der Waals surface area contributed by atoms with Gasteiger partial charge in [0, 0.05) is 12.2 Å². The second-order valence-electron chi connectivity index (χ2n) is 6.70. The van der Waals surface area contributed by atoms with Crippen LogP contribution in [-0.2, 0) is 11.2 Å². The topological polar surface area (TPSA) is 124 Å². The Kier molecular flexibility index (Phi) is 7.64. The molecule has 0 aromatic heterocycles. The standard InChI is InChI=1S/C20H25NO3.CH2O2/c21-12-18-14(7-4-10-22)16(13-5-2-1-3-6-13)11-17-15(18)8-9-19(23)20(17)24;2-1-3/h1-3,5-6,8-9,14,16,18,22-24H,4,7,10-12,21H2;1H,(H,2,3)/t14?,16-,18+;/m0./s1. The highest BCUT2D eigenvalue weighted by molar-refractivity contribution is 5.53. The Morgan fingerprint density at radius 3 is 2.37 bits per heavy atom. The third-order valence-electron chi connectivity index (χ3n) is 5.33. The van der Waals surface area contributed by atoms with Gasteiger partial charge in [-0.2, -0.15) is 0 Å². The van der Waals surface area contributed by atoms with E-state index in [1.54, 1.807) is 6.07 Å². The Hall–Kier alpha value is -2.57. The second kappa shape index (κ2) is 9.94. The molecule has 1 aliphatic rings. The smallest absolute Gasteiger partial charge is 0.290 e. The number of hydrogen-bond donors (Lipinski definition) is 5. The van der Waals surface area contributed by atoms with Gasteiger partial charge in [-0.1, -0.05) is 36.4 Å². The van der Waals surface area contributed by atoms with E-state index in [1.807, 2.05) is 24.3 Å². The van der Waals surface area contributed by atoms with E-state index in [-0.39, 0.29) is 36.4 Å². The minimum absolute atomic E-state index is 0.0208. The number of carbonyl (C=O) groups is 1. The van der Waals surface area contributed by atoms with Crippen molar-refractivity contribution in [1.82, 2.24) is 0 Å². The molecule has 6 N–H and O–H groups in total. The number of rotatable bonds is 5. The van der Waals surface area contributed by atoms with Crippen molar-refractivity contribution in [1.29, 1.82) is 0 Å². The largest absolute Gasteiger partial charge is 0.504 e. The van der Waals surface area contributed by atoms with E-state index >= 15 is 0 Å². The Balaban J connectivity index is 0.000000817. The summed E-state index contributed by atoms with van der Waals surface area (Å²) < 4.78 is 0. The van der Waals surface area contributed by atoms with Crippen LogP contribution in [0.2, 0.25) is 0 Å². The number of carboxylic acid groups (broad SMARTS) is 1. The van der Waals surface area contributed by atoms with Gasteiger partial charge in [-0.15, -0.1) is 0 Å². The number of aliphatic hydroxyl groups is 1. The zero-order valence-electron chi connectivity index (χ0n) is 15.2. The molecule has 27 heavy (non-hydrogen) atoms. The SMILES string of the molecule is NC[C@H]1c2ccc(O)c(O)c2C[C@@H](c2ccccc2)C1CCCO.O=CO. The van der Waals surface area contributed by atoms with Gasteiger partial charge in [0.25, 0.3) is 6.47 Å². The molecule has 0 spiro atoms. The highest BCUT2D eigenvalue weighted by Gasteiger charge is 2.38. The highest BCUT2D eigenvalue weighted by atomic mass is 16.3. The van der Waals surface area contributed by atoms with Gasteiger partial charge in [0.15, 0.2) is 11.5 Å². The summed E-state index contributed by atoms with van der Waals surface area (Å²) >= 11 is 0. The van der Waals surface area contributed by atoms with Crippen LogP contribution in [0.15, 0.2) is 42.5 Å². The van der Waals surface area contributed by atoms with Gasteiger partial charge >= 0.3 is 0 Å². The number of hydrogen-bond acceptors (Lipinski definition) is 5. The molecule has 0 fully saturated rings. The molecule has 2 aromatic carbocycles. The minimum Gasteiger partial charge on any atom is -0.504 e. The average Bonchev–Trinajstić information content (AvgIpc) is 2.69. The molecule has 0 radical (unpaired) electrons. The predicted molar refractivity (Wildman–Crippen MR) is 103 cm³/mol. The quantitative estimate of drug-likeness (QED) is 0.405. The number of benzene rings is 2. The van der Waals surface area contributed by atoms with Gasteiger partial charge in [0.1, 0.15) is 0 Å². The molecule has 1 aliphatic carbocycles. The van der Waals surface area contributed by atoms with Crippen LogP contribution in [0.3, 0.4) is 0 Å². The number of aliphatic hydroxyl groups excluding tert-OH is 1.